The summed E-state index contributed by atoms with van der Waals surface area (Å²) in [5.74, 6) is -2.84. The van der Waals surface area contributed by atoms with Gasteiger partial charge < -0.3 is 29.9 Å². The van der Waals surface area contributed by atoms with Crippen molar-refractivity contribution in [2.24, 2.45) is 17.8 Å². The second kappa shape index (κ2) is 17.1. The molecule has 0 bridgehead atoms. The Hall–Kier alpha value is -3.96. The van der Waals surface area contributed by atoms with Crippen molar-refractivity contribution in [3.8, 4) is 0 Å². The number of ketones is 1. The van der Waals surface area contributed by atoms with Gasteiger partial charge in [-0.15, -0.1) is 0 Å². The molecule has 0 aliphatic carbocycles. The van der Waals surface area contributed by atoms with Gasteiger partial charge in [0.1, 0.15) is 24.0 Å². The third kappa shape index (κ3) is 9.77. The van der Waals surface area contributed by atoms with E-state index in [1.807, 2.05) is 38.1 Å². The monoisotopic (exact) mass is 642 g/mol. The maximum Gasteiger partial charge on any atom is 0.410 e. The molecule has 2 heterocycles. The first-order valence-electron chi connectivity index (χ1n) is 16.3. The van der Waals surface area contributed by atoms with E-state index in [-0.39, 0.29) is 49.3 Å². The number of hydrogen-bond acceptors (Lipinski definition) is 8. The number of unbranched alkanes of at least 4 members (excludes halogenated alkanes) is 1. The first-order chi connectivity index (χ1) is 21.9. The minimum absolute atomic E-state index is 0.0179. The van der Waals surface area contributed by atoms with Gasteiger partial charge in [0.15, 0.2) is 0 Å². The van der Waals surface area contributed by atoms with Crippen LogP contribution in [0.5, 0.6) is 0 Å². The lowest BCUT2D eigenvalue weighted by Crippen LogP contribution is -2.55. The molecule has 1 aromatic carbocycles. The predicted molar refractivity (Wildman–Crippen MR) is 170 cm³/mol. The summed E-state index contributed by atoms with van der Waals surface area (Å²) in [5.41, 5.74) is 2.25. The van der Waals surface area contributed by atoms with Crippen LogP contribution < -0.4 is 10.6 Å². The number of carbonyl (C=O) groups excluding carboxylic acids is 6. The van der Waals surface area contributed by atoms with Gasteiger partial charge in [0, 0.05) is 51.7 Å². The molecule has 1 saturated heterocycles. The number of carbonyl (C=O) groups is 6. The van der Waals surface area contributed by atoms with Crippen molar-refractivity contribution < 1.29 is 38.2 Å². The molecule has 1 aromatic rings. The van der Waals surface area contributed by atoms with Gasteiger partial charge in [0.25, 0.3) is 0 Å². The summed E-state index contributed by atoms with van der Waals surface area (Å²) in [4.78, 5) is 80.5. The second-order valence-corrected chi connectivity index (χ2v) is 12.9. The molecule has 12 nitrogen and oxygen atoms in total. The van der Waals surface area contributed by atoms with E-state index < -0.39 is 48.0 Å². The molecule has 0 spiro atoms. The Morgan fingerprint density at radius 2 is 1.63 bits per heavy atom. The molecule has 3 rings (SSSR count). The molecule has 254 valence electrons. The highest BCUT2D eigenvalue weighted by Gasteiger charge is 2.45. The number of nitrogens with one attached hydrogen (secondary N) is 2. The third-order valence-electron chi connectivity index (χ3n) is 8.88. The Morgan fingerprint density at radius 3 is 2.26 bits per heavy atom. The molecule has 46 heavy (non-hydrogen) atoms. The molecule has 12 heteroatoms. The van der Waals surface area contributed by atoms with Gasteiger partial charge in [-0.25, -0.2) is 9.59 Å². The average Bonchev–Trinajstić information content (AvgIpc) is 3.46. The lowest BCUT2D eigenvalue weighted by Gasteiger charge is -2.31. The van der Waals surface area contributed by atoms with Crippen molar-refractivity contribution in [3.05, 3.63) is 35.4 Å². The number of fused-ring (bicyclic) bond motifs is 1. The molecule has 0 radical (unpaired) electrons. The summed E-state index contributed by atoms with van der Waals surface area (Å²) in [5, 5.41) is 5.41. The highest BCUT2D eigenvalue weighted by Crippen LogP contribution is 2.27. The number of esters is 1. The summed E-state index contributed by atoms with van der Waals surface area (Å²) >= 11 is 0. The number of amides is 4. The van der Waals surface area contributed by atoms with Gasteiger partial charge in [-0.2, -0.15) is 0 Å². The van der Waals surface area contributed by atoms with Crippen LogP contribution in [0, 0.1) is 17.8 Å². The summed E-state index contributed by atoms with van der Waals surface area (Å²) in [6, 6.07) is 5.97. The standard InChI is InChI=1S/C34H50N4O8/c1-21(2)27(17-25(39)13-9-10-14-29(40)35-5)31(41)36-30(22(3)4)32(42)38-20-26(18-28(38)33(43)45-6)46-34(44)37-16-15-23-11-7-8-12-24(23)19-37/h7-8,11-12,21-22,26-28,30H,9-10,13-20H2,1-6H3,(H,35,40)(H,36,41)/t26-,27+,28+,30+/m1/s1. The van der Waals surface area contributed by atoms with Crippen LogP contribution in [-0.2, 0) is 46.4 Å². The van der Waals surface area contributed by atoms with E-state index in [0.29, 0.717) is 38.8 Å². The first kappa shape index (κ1) is 36.5. The number of hydrogen-bond donors (Lipinski definition) is 2. The van der Waals surface area contributed by atoms with Crippen molar-refractivity contribution in [1.82, 2.24) is 20.4 Å². The molecular weight excluding hydrogens is 592 g/mol. The van der Waals surface area contributed by atoms with Crippen LogP contribution in [0.2, 0.25) is 0 Å². The van der Waals surface area contributed by atoms with Crippen LogP contribution in [0.15, 0.2) is 24.3 Å². The lowest BCUT2D eigenvalue weighted by molar-refractivity contribution is -0.152. The Morgan fingerprint density at radius 1 is 0.957 bits per heavy atom. The smallest absolute Gasteiger partial charge is 0.410 e. The van der Waals surface area contributed by atoms with E-state index in [1.54, 1.807) is 25.8 Å². The fraction of sp³-hybridized carbons (Fsp3) is 0.647. The number of nitrogens with zero attached hydrogens (tertiary/aromatic N) is 2. The van der Waals surface area contributed by atoms with Gasteiger partial charge in [-0.3, -0.25) is 19.2 Å². The summed E-state index contributed by atoms with van der Waals surface area (Å²) in [6.45, 7) is 8.19. The zero-order valence-electron chi connectivity index (χ0n) is 28.0. The van der Waals surface area contributed by atoms with Gasteiger partial charge >= 0.3 is 12.1 Å². The fourth-order valence-corrected chi connectivity index (χ4v) is 6.02. The largest absolute Gasteiger partial charge is 0.467 e. The Bertz CT molecular complexity index is 1270. The molecule has 0 aromatic heterocycles. The van der Waals surface area contributed by atoms with Crippen LogP contribution in [0.3, 0.4) is 0 Å². The van der Waals surface area contributed by atoms with Gasteiger partial charge in [0.2, 0.25) is 17.7 Å². The SMILES string of the molecule is CNC(=O)CCCCC(=O)C[C@H](C(=O)N[C@H](C(=O)N1C[C@H](OC(=O)N2CCc3ccccc3C2)C[C@H]1C(=O)OC)C(C)C)C(C)C. The fourth-order valence-electron chi connectivity index (χ4n) is 6.02. The predicted octanol–water partition coefficient (Wildman–Crippen LogP) is 3.00. The zero-order chi connectivity index (χ0) is 34.0. The maximum atomic E-state index is 13.9. The minimum Gasteiger partial charge on any atom is -0.467 e. The van der Waals surface area contributed by atoms with Crippen molar-refractivity contribution in [1.29, 1.82) is 0 Å². The van der Waals surface area contributed by atoms with Crippen LogP contribution >= 0.6 is 0 Å². The van der Waals surface area contributed by atoms with E-state index in [2.05, 4.69) is 10.6 Å². The van der Waals surface area contributed by atoms with Crippen molar-refractivity contribution >= 4 is 35.6 Å². The van der Waals surface area contributed by atoms with Crippen LogP contribution in [-0.4, -0.2) is 90.8 Å². The number of methoxy groups -OCH3 is 1. The summed E-state index contributed by atoms with van der Waals surface area (Å²) in [6.07, 6.45) is 1.30. The highest BCUT2D eigenvalue weighted by molar-refractivity contribution is 5.93. The Labute approximate surface area is 271 Å². The topological polar surface area (TPSA) is 151 Å². The minimum atomic E-state index is -0.979. The first-order valence-corrected chi connectivity index (χ1v) is 16.3. The number of ether oxygens (including phenoxy) is 2. The second-order valence-electron chi connectivity index (χ2n) is 12.9. The van der Waals surface area contributed by atoms with E-state index in [9.17, 15) is 28.8 Å². The molecule has 0 unspecified atom stereocenters. The van der Waals surface area contributed by atoms with Gasteiger partial charge in [-0.1, -0.05) is 52.0 Å². The number of rotatable bonds is 14. The van der Waals surface area contributed by atoms with E-state index in [1.165, 1.54) is 17.6 Å². The Kier molecular flexibility index (Phi) is 13.6. The molecule has 2 aliphatic heterocycles. The van der Waals surface area contributed by atoms with E-state index in [4.69, 9.17) is 9.47 Å². The van der Waals surface area contributed by atoms with E-state index >= 15 is 0 Å². The van der Waals surface area contributed by atoms with E-state index in [0.717, 1.165) is 5.56 Å². The van der Waals surface area contributed by atoms with Crippen LogP contribution in [0.25, 0.3) is 0 Å². The molecule has 2 N–H and O–H groups in total. The zero-order valence-corrected chi connectivity index (χ0v) is 28.0. The average molecular weight is 643 g/mol. The molecule has 1 fully saturated rings. The molecule has 4 atom stereocenters. The van der Waals surface area contributed by atoms with Gasteiger partial charge in [0.05, 0.1) is 13.7 Å². The highest BCUT2D eigenvalue weighted by atomic mass is 16.6. The Balaban J connectivity index is 1.65. The third-order valence-corrected chi connectivity index (χ3v) is 8.88. The van der Waals surface area contributed by atoms with Gasteiger partial charge in [-0.05, 0) is 42.2 Å². The molecular formula is C34H50N4O8. The van der Waals surface area contributed by atoms with Crippen LogP contribution in [0.1, 0.15) is 77.3 Å². The number of likely N-dealkylation sites (tertiary alicyclic amines) is 1. The summed E-state index contributed by atoms with van der Waals surface area (Å²) in [7, 11) is 2.80. The lowest BCUT2D eigenvalue weighted by atomic mass is 9.88. The van der Waals surface area contributed by atoms with Crippen molar-refractivity contribution in [2.75, 3.05) is 27.2 Å². The molecule has 4 amide bonds. The number of benzene rings is 1. The normalized spacial score (nSPS) is 18.9. The summed E-state index contributed by atoms with van der Waals surface area (Å²) < 4.78 is 10.8. The van der Waals surface area contributed by atoms with Crippen LogP contribution in [0.4, 0.5) is 4.79 Å². The van der Waals surface area contributed by atoms with Crippen molar-refractivity contribution in [2.45, 2.75) is 97.4 Å². The quantitative estimate of drug-likeness (QED) is 0.232. The maximum absolute atomic E-state index is 13.9. The van der Waals surface area contributed by atoms with Crippen molar-refractivity contribution in [3.63, 3.8) is 0 Å². The molecule has 2 aliphatic rings. The number of Topliss-reactive ketones (excluding diaryl/α,β-unsaturated/α-hetero) is 1. The molecule has 0 saturated carbocycles.